The summed E-state index contributed by atoms with van der Waals surface area (Å²) in [7, 11) is 0. The Bertz CT molecular complexity index is 392. The van der Waals surface area contributed by atoms with Crippen molar-refractivity contribution in [2.75, 3.05) is 19.6 Å². The highest BCUT2D eigenvalue weighted by Gasteiger charge is 2.29. The molecule has 1 aromatic rings. The molecule has 0 bridgehead atoms. The molecule has 106 valence electrons. The molecular formula is C15H24N2O2. The van der Waals surface area contributed by atoms with Gasteiger partial charge in [-0.15, -0.1) is 0 Å². The number of carbonyl (C=O) groups is 1. The first-order valence-electron chi connectivity index (χ1n) is 7.12. The first kappa shape index (κ1) is 14.1. The van der Waals surface area contributed by atoms with Crippen molar-refractivity contribution in [1.82, 2.24) is 10.2 Å². The molecule has 0 spiro atoms. The molecule has 4 nitrogen and oxygen atoms in total. The molecule has 4 heteroatoms. The van der Waals surface area contributed by atoms with Gasteiger partial charge in [-0.3, -0.25) is 9.69 Å². The van der Waals surface area contributed by atoms with Crippen molar-refractivity contribution >= 4 is 5.91 Å². The molecule has 19 heavy (non-hydrogen) atoms. The summed E-state index contributed by atoms with van der Waals surface area (Å²) in [4.78, 5) is 14.3. The second-order valence-electron chi connectivity index (χ2n) is 5.86. The van der Waals surface area contributed by atoms with Crippen molar-refractivity contribution < 1.29 is 9.21 Å². The van der Waals surface area contributed by atoms with Crippen LogP contribution >= 0.6 is 0 Å². The number of likely N-dealkylation sites (tertiary alicyclic amines) is 1. The lowest BCUT2D eigenvalue weighted by Crippen LogP contribution is -2.50. The highest BCUT2D eigenvalue weighted by atomic mass is 16.3. The molecule has 1 fully saturated rings. The van der Waals surface area contributed by atoms with Gasteiger partial charge in [0, 0.05) is 24.9 Å². The summed E-state index contributed by atoms with van der Waals surface area (Å²) in [6.07, 6.45) is 5.35. The molecule has 1 aliphatic rings. The third kappa shape index (κ3) is 4.10. The number of amides is 1. The molecule has 1 amide bonds. The van der Waals surface area contributed by atoms with E-state index < -0.39 is 0 Å². The van der Waals surface area contributed by atoms with Crippen LogP contribution in [0, 0.1) is 0 Å². The molecule has 1 aliphatic heterocycles. The molecule has 1 aromatic heterocycles. The van der Waals surface area contributed by atoms with Crippen molar-refractivity contribution in [1.29, 1.82) is 0 Å². The van der Waals surface area contributed by atoms with Gasteiger partial charge < -0.3 is 9.73 Å². The monoisotopic (exact) mass is 264 g/mol. The molecule has 0 unspecified atom stereocenters. The third-order valence-electron chi connectivity index (χ3n) is 3.86. The second kappa shape index (κ2) is 6.24. The number of hydrogen-bond donors (Lipinski definition) is 1. The standard InChI is InChI=1S/C15H24N2O2/c1-15(2,17-9-3-4-10-17)12-16-14(18)8-7-13-6-5-11-19-13/h5-6,11H,3-4,7-10,12H2,1-2H3,(H,16,18). The van der Waals surface area contributed by atoms with Crippen molar-refractivity contribution in [3.63, 3.8) is 0 Å². The van der Waals surface area contributed by atoms with E-state index in [4.69, 9.17) is 4.42 Å². The van der Waals surface area contributed by atoms with Crippen molar-refractivity contribution in [2.45, 2.75) is 45.1 Å². The summed E-state index contributed by atoms with van der Waals surface area (Å²) in [5.74, 6) is 0.970. The Hall–Kier alpha value is -1.29. The molecular weight excluding hydrogens is 240 g/mol. The Labute approximate surface area is 115 Å². The molecule has 2 heterocycles. The van der Waals surface area contributed by atoms with E-state index in [2.05, 4.69) is 24.1 Å². The lowest BCUT2D eigenvalue weighted by Gasteiger charge is -2.35. The molecule has 0 saturated carbocycles. The zero-order valence-electron chi connectivity index (χ0n) is 11.9. The van der Waals surface area contributed by atoms with E-state index >= 15 is 0 Å². The van der Waals surface area contributed by atoms with Gasteiger partial charge in [-0.1, -0.05) is 0 Å². The first-order valence-corrected chi connectivity index (χ1v) is 7.12. The lowest BCUT2D eigenvalue weighted by molar-refractivity contribution is -0.121. The maximum absolute atomic E-state index is 11.8. The van der Waals surface area contributed by atoms with E-state index in [1.165, 1.54) is 12.8 Å². The number of carbonyl (C=O) groups excluding carboxylic acids is 1. The van der Waals surface area contributed by atoms with Crippen LogP contribution in [0.15, 0.2) is 22.8 Å². The van der Waals surface area contributed by atoms with E-state index in [-0.39, 0.29) is 11.4 Å². The summed E-state index contributed by atoms with van der Waals surface area (Å²) in [6, 6.07) is 3.76. The largest absolute Gasteiger partial charge is 0.469 e. The van der Waals surface area contributed by atoms with Crippen LogP contribution in [0.4, 0.5) is 0 Å². The van der Waals surface area contributed by atoms with Crippen LogP contribution in [0.3, 0.4) is 0 Å². The minimum atomic E-state index is 0.0524. The van der Waals surface area contributed by atoms with E-state index in [9.17, 15) is 4.79 Å². The van der Waals surface area contributed by atoms with Crippen molar-refractivity contribution in [2.24, 2.45) is 0 Å². The maximum atomic E-state index is 11.8. The minimum absolute atomic E-state index is 0.0524. The van der Waals surface area contributed by atoms with Crippen LogP contribution in [0.25, 0.3) is 0 Å². The summed E-state index contributed by atoms with van der Waals surface area (Å²) in [6.45, 7) is 7.41. The van der Waals surface area contributed by atoms with E-state index in [1.54, 1.807) is 6.26 Å². The van der Waals surface area contributed by atoms with Crippen LogP contribution in [0.5, 0.6) is 0 Å². The summed E-state index contributed by atoms with van der Waals surface area (Å²) in [5.41, 5.74) is 0.0524. The number of furan rings is 1. The third-order valence-corrected chi connectivity index (χ3v) is 3.86. The number of aryl methyl sites for hydroxylation is 1. The molecule has 1 saturated heterocycles. The molecule has 2 rings (SSSR count). The normalized spacial score (nSPS) is 16.7. The average Bonchev–Trinajstić information content (AvgIpc) is 3.06. The fourth-order valence-electron chi connectivity index (χ4n) is 2.53. The van der Waals surface area contributed by atoms with E-state index in [1.807, 2.05) is 12.1 Å². The van der Waals surface area contributed by atoms with Crippen LogP contribution in [-0.2, 0) is 11.2 Å². The summed E-state index contributed by atoms with van der Waals surface area (Å²) < 4.78 is 5.22. The maximum Gasteiger partial charge on any atom is 0.220 e. The molecule has 0 aliphatic carbocycles. The van der Waals surface area contributed by atoms with Gasteiger partial charge in [-0.2, -0.15) is 0 Å². The van der Waals surface area contributed by atoms with E-state index in [0.717, 1.165) is 18.8 Å². The quantitative estimate of drug-likeness (QED) is 0.856. The van der Waals surface area contributed by atoms with Gasteiger partial charge in [0.1, 0.15) is 5.76 Å². The van der Waals surface area contributed by atoms with Crippen LogP contribution in [-0.4, -0.2) is 36.0 Å². The number of nitrogens with zero attached hydrogens (tertiary/aromatic N) is 1. The smallest absolute Gasteiger partial charge is 0.220 e. The number of rotatable bonds is 6. The first-order chi connectivity index (χ1) is 9.08. The number of nitrogens with one attached hydrogen (secondary N) is 1. The van der Waals surface area contributed by atoms with E-state index in [0.29, 0.717) is 19.4 Å². The molecule has 0 aromatic carbocycles. The topological polar surface area (TPSA) is 45.5 Å². The number of hydrogen-bond acceptors (Lipinski definition) is 3. The molecule has 0 radical (unpaired) electrons. The average molecular weight is 264 g/mol. The van der Waals surface area contributed by atoms with Crippen LogP contribution in [0.1, 0.15) is 38.9 Å². The SMILES string of the molecule is CC(C)(CNC(=O)CCc1ccco1)N1CCCC1. The van der Waals surface area contributed by atoms with Gasteiger partial charge in [0.05, 0.1) is 6.26 Å². The van der Waals surface area contributed by atoms with Gasteiger partial charge in [0.15, 0.2) is 0 Å². The fourth-order valence-corrected chi connectivity index (χ4v) is 2.53. The Kier molecular flexibility index (Phi) is 4.64. The van der Waals surface area contributed by atoms with Crippen molar-refractivity contribution in [3.8, 4) is 0 Å². The predicted molar refractivity (Wildman–Crippen MR) is 74.9 cm³/mol. The fraction of sp³-hybridized carbons (Fsp3) is 0.667. The van der Waals surface area contributed by atoms with Gasteiger partial charge >= 0.3 is 0 Å². The Morgan fingerprint density at radius 1 is 1.42 bits per heavy atom. The predicted octanol–water partition coefficient (Wildman–Crippen LogP) is 2.20. The molecule has 0 atom stereocenters. The lowest BCUT2D eigenvalue weighted by atomic mass is 10.0. The molecule has 1 N–H and O–H groups in total. The second-order valence-corrected chi connectivity index (χ2v) is 5.86. The van der Waals surface area contributed by atoms with Crippen molar-refractivity contribution in [3.05, 3.63) is 24.2 Å². The van der Waals surface area contributed by atoms with Crippen LogP contribution in [0.2, 0.25) is 0 Å². The Balaban J connectivity index is 1.70. The highest BCUT2D eigenvalue weighted by Crippen LogP contribution is 2.20. The van der Waals surface area contributed by atoms with Crippen LogP contribution < -0.4 is 5.32 Å². The highest BCUT2D eigenvalue weighted by molar-refractivity contribution is 5.76. The zero-order chi connectivity index (χ0) is 13.7. The zero-order valence-corrected chi connectivity index (χ0v) is 11.9. The van der Waals surface area contributed by atoms with Gasteiger partial charge in [0.25, 0.3) is 0 Å². The summed E-state index contributed by atoms with van der Waals surface area (Å²) in [5, 5.41) is 3.04. The van der Waals surface area contributed by atoms with Gasteiger partial charge in [0.2, 0.25) is 5.91 Å². The summed E-state index contributed by atoms with van der Waals surface area (Å²) >= 11 is 0. The van der Waals surface area contributed by atoms with Gasteiger partial charge in [-0.25, -0.2) is 0 Å². The minimum Gasteiger partial charge on any atom is -0.469 e. The Morgan fingerprint density at radius 3 is 2.79 bits per heavy atom. The Morgan fingerprint density at radius 2 is 2.16 bits per heavy atom. The van der Waals surface area contributed by atoms with Gasteiger partial charge in [-0.05, 0) is 51.9 Å².